The van der Waals surface area contributed by atoms with Crippen LogP contribution in [0.25, 0.3) is 38.4 Å². The third-order valence-corrected chi connectivity index (χ3v) is 8.13. The second kappa shape index (κ2) is 10.1. The lowest BCUT2D eigenvalue weighted by molar-refractivity contribution is -0.129. The van der Waals surface area contributed by atoms with Crippen LogP contribution in [0, 0.1) is 5.82 Å². The van der Waals surface area contributed by atoms with E-state index in [1.807, 2.05) is 42.3 Å². The van der Waals surface area contributed by atoms with E-state index < -0.39 is 0 Å². The Morgan fingerprint density at radius 3 is 2.60 bits per heavy atom. The molecule has 1 aliphatic heterocycles. The van der Waals surface area contributed by atoms with Gasteiger partial charge in [-0.2, -0.15) is 20.4 Å². The molecule has 11 nitrogen and oxygen atoms in total. The minimum atomic E-state index is -0.354. The van der Waals surface area contributed by atoms with Crippen molar-refractivity contribution in [2.24, 2.45) is 7.05 Å². The van der Waals surface area contributed by atoms with Crippen LogP contribution in [0.15, 0.2) is 61.1 Å². The van der Waals surface area contributed by atoms with E-state index in [-0.39, 0.29) is 30.1 Å². The maximum atomic E-state index is 15.6. The number of carbonyl (C=O) groups is 2. The number of hydrogen-bond donors (Lipinski definition) is 1. The molecule has 0 aliphatic carbocycles. The normalized spacial score (nSPS) is 14.3. The number of carbonyl (C=O) groups excluding carboxylic acids is 2. The van der Waals surface area contributed by atoms with Crippen LogP contribution < -0.4 is 5.32 Å². The molecular formula is C30H28FN9O2. The van der Waals surface area contributed by atoms with E-state index in [4.69, 9.17) is 5.10 Å². The first kappa shape index (κ1) is 25.8. The molecule has 2 aromatic carbocycles. The number of piperidine rings is 1. The van der Waals surface area contributed by atoms with Crippen LogP contribution >= 0.6 is 0 Å². The number of benzene rings is 2. The van der Waals surface area contributed by atoms with E-state index >= 15 is 4.39 Å². The van der Waals surface area contributed by atoms with Gasteiger partial charge in [-0.1, -0.05) is 12.1 Å². The molecule has 7 rings (SSSR count). The zero-order valence-corrected chi connectivity index (χ0v) is 23.2. The highest BCUT2D eigenvalue weighted by Crippen LogP contribution is 2.39. The van der Waals surface area contributed by atoms with Gasteiger partial charge in [0.1, 0.15) is 17.9 Å². The number of aryl methyl sites for hydroxylation is 1. The fourth-order valence-corrected chi connectivity index (χ4v) is 5.99. The molecular weight excluding hydrogens is 537 g/mol. The predicted octanol–water partition coefficient (Wildman–Crippen LogP) is 4.14. The molecule has 6 aromatic rings. The minimum absolute atomic E-state index is 0.0442. The van der Waals surface area contributed by atoms with E-state index in [9.17, 15) is 9.59 Å². The van der Waals surface area contributed by atoms with Gasteiger partial charge < -0.3 is 10.2 Å². The molecule has 212 valence electrons. The third-order valence-electron chi connectivity index (χ3n) is 8.13. The smallest absolute Gasteiger partial charge is 0.246 e. The average Bonchev–Trinajstić information content (AvgIpc) is 3.68. The molecule has 0 atom stereocenters. The molecule has 0 radical (unpaired) electrons. The number of nitrogens with one attached hydrogen (secondary N) is 1. The van der Waals surface area contributed by atoms with Crippen molar-refractivity contribution in [3.8, 4) is 11.1 Å². The van der Waals surface area contributed by atoms with Crippen molar-refractivity contribution in [1.82, 2.24) is 39.3 Å². The first-order valence-electron chi connectivity index (χ1n) is 13.8. The Hall–Kier alpha value is -5.13. The SMILES string of the molecule is CC(=O)N1CCC(c2nn(CC(=O)Nc3cnn4ncccc34)c3cccc(-c4cc5c(cnn5C)cc4F)c23)CC1. The fraction of sp³-hybridized carbons (Fsp3) is 0.267. The number of hydrogen-bond acceptors (Lipinski definition) is 6. The predicted molar refractivity (Wildman–Crippen MR) is 155 cm³/mol. The second-order valence-electron chi connectivity index (χ2n) is 10.7. The summed E-state index contributed by atoms with van der Waals surface area (Å²) in [7, 11) is 1.83. The van der Waals surface area contributed by atoms with Gasteiger partial charge in [0.05, 0.1) is 34.8 Å². The summed E-state index contributed by atoms with van der Waals surface area (Å²) in [6, 6.07) is 12.6. The van der Waals surface area contributed by atoms with Gasteiger partial charge in [-0.3, -0.25) is 19.0 Å². The summed E-state index contributed by atoms with van der Waals surface area (Å²) in [5, 5.41) is 22.1. The molecule has 0 unspecified atom stereocenters. The number of amides is 2. The summed E-state index contributed by atoms with van der Waals surface area (Å²) in [5.74, 6) is -0.532. The summed E-state index contributed by atoms with van der Waals surface area (Å²) < 4.78 is 20.5. The van der Waals surface area contributed by atoms with Gasteiger partial charge in [-0.15, -0.1) is 4.63 Å². The average molecular weight is 566 g/mol. The zero-order valence-electron chi connectivity index (χ0n) is 23.2. The lowest BCUT2D eigenvalue weighted by Crippen LogP contribution is -2.36. The zero-order chi connectivity index (χ0) is 29.0. The molecule has 1 N–H and O–H groups in total. The van der Waals surface area contributed by atoms with E-state index in [1.54, 1.807) is 40.9 Å². The van der Waals surface area contributed by atoms with Crippen LogP contribution in [0.1, 0.15) is 31.4 Å². The standard InChI is InChI=1S/C30H28FN9O2/c1-18(41)38-11-8-19(9-12-38)30-29-21(22-14-27-20(13-23(22)31)15-33-37(27)2)5-3-6-26(29)39(36-30)17-28(42)35-24-16-34-40-25(24)7-4-10-32-40/h3-7,10,13-16,19H,8-9,11-12,17H2,1-2H3,(H,35,42). The fourth-order valence-electron chi connectivity index (χ4n) is 5.99. The maximum absolute atomic E-state index is 15.6. The van der Waals surface area contributed by atoms with Gasteiger partial charge in [-0.05, 0) is 48.7 Å². The van der Waals surface area contributed by atoms with Crippen LogP contribution in [0.2, 0.25) is 0 Å². The van der Waals surface area contributed by atoms with Crippen LogP contribution in [0.3, 0.4) is 0 Å². The Labute approximate surface area is 239 Å². The first-order valence-corrected chi connectivity index (χ1v) is 13.8. The number of nitrogens with zero attached hydrogens (tertiary/aromatic N) is 8. The molecule has 4 aromatic heterocycles. The number of anilines is 1. The van der Waals surface area contributed by atoms with Crippen LogP contribution in [-0.2, 0) is 23.2 Å². The van der Waals surface area contributed by atoms with Gasteiger partial charge in [0, 0.05) is 55.5 Å². The molecule has 1 saturated heterocycles. The number of aromatic nitrogens is 7. The number of rotatable bonds is 5. The Bertz CT molecular complexity index is 2000. The second-order valence-corrected chi connectivity index (χ2v) is 10.7. The van der Waals surface area contributed by atoms with E-state index in [2.05, 4.69) is 20.6 Å². The van der Waals surface area contributed by atoms with Gasteiger partial charge >= 0.3 is 0 Å². The summed E-state index contributed by atoms with van der Waals surface area (Å²) in [4.78, 5) is 27.1. The Balaban J connectivity index is 1.31. The molecule has 42 heavy (non-hydrogen) atoms. The van der Waals surface area contributed by atoms with E-state index in [0.717, 1.165) is 40.3 Å². The molecule has 0 bridgehead atoms. The van der Waals surface area contributed by atoms with Crippen molar-refractivity contribution in [1.29, 1.82) is 0 Å². The quantitative estimate of drug-likeness (QED) is 0.336. The molecule has 0 saturated carbocycles. The van der Waals surface area contributed by atoms with Crippen LogP contribution in [0.4, 0.5) is 10.1 Å². The summed E-state index contributed by atoms with van der Waals surface area (Å²) in [6.45, 7) is 2.77. The number of halogens is 1. The lowest BCUT2D eigenvalue weighted by Gasteiger charge is -2.30. The highest BCUT2D eigenvalue weighted by Gasteiger charge is 2.28. The topological polar surface area (TPSA) is 115 Å². The summed E-state index contributed by atoms with van der Waals surface area (Å²) in [5.41, 5.74) is 4.74. The Morgan fingerprint density at radius 1 is 0.976 bits per heavy atom. The number of likely N-dealkylation sites (tertiary alicyclic amines) is 1. The van der Waals surface area contributed by atoms with Crippen molar-refractivity contribution in [3.05, 3.63) is 72.6 Å². The van der Waals surface area contributed by atoms with Crippen molar-refractivity contribution < 1.29 is 14.0 Å². The van der Waals surface area contributed by atoms with Crippen LogP contribution in [0.5, 0.6) is 0 Å². The Kier molecular flexibility index (Phi) is 6.18. The van der Waals surface area contributed by atoms with Gasteiger partial charge in [0.2, 0.25) is 11.8 Å². The molecule has 2 amide bonds. The maximum Gasteiger partial charge on any atom is 0.246 e. The Morgan fingerprint density at radius 2 is 1.79 bits per heavy atom. The van der Waals surface area contributed by atoms with Crippen molar-refractivity contribution in [2.45, 2.75) is 32.2 Å². The molecule has 5 heterocycles. The largest absolute Gasteiger partial charge is 0.343 e. The summed E-state index contributed by atoms with van der Waals surface area (Å²) >= 11 is 0. The summed E-state index contributed by atoms with van der Waals surface area (Å²) in [6.07, 6.45) is 6.28. The monoisotopic (exact) mass is 565 g/mol. The third kappa shape index (κ3) is 4.35. The first-order chi connectivity index (χ1) is 20.4. The molecule has 1 fully saturated rings. The van der Waals surface area contributed by atoms with Gasteiger partial charge in [0.15, 0.2) is 0 Å². The van der Waals surface area contributed by atoms with E-state index in [1.165, 1.54) is 10.7 Å². The highest BCUT2D eigenvalue weighted by atomic mass is 19.1. The van der Waals surface area contributed by atoms with Gasteiger partial charge in [-0.25, -0.2) is 4.39 Å². The molecule has 0 spiro atoms. The molecule has 1 aliphatic rings. The lowest BCUT2D eigenvalue weighted by atomic mass is 9.89. The number of fused-ring (bicyclic) bond motifs is 3. The van der Waals surface area contributed by atoms with Crippen LogP contribution in [-0.4, -0.2) is 64.2 Å². The highest BCUT2D eigenvalue weighted by molar-refractivity contribution is 6.01. The van der Waals surface area contributed by atoms with Gasteiger partial charge in [0.25, 0.3) is 0 Å². The van der Waals surface area contributed by atoms with E-state index in [0.29, 0.717) is 35.4 Å². The molecule has 12 heteroatoms. The van der Waals surface area contributed by atoms with Crippen molar-refractivity contribution in [3.63, 3.8) is 0 Å². The van der Waals surface area contributed by atoms with Crippen molar-refractivity contribution in [2.75, 3.05) is 18.4 Å². The minimum Gasteiger partial charge on any atom is -0.343 e. The van der Waals surface area contributed by atoms with Crippen molar-refractivity contribution >= 4 is 44.8 Å².